The molecular weight excluding hydrogens is 274 g/mol. The Morgan fingerprint density at radius 1 is 1.41 bits per heavy atom. The Morgan fingerprint density at radius 3 is 3.14 bits per heavy atom. The molecule has 0 unspecified atom stereocenters. The van der Waals surface area contributed by atoms with Gasteiger partial charge >= 0.3 is 0 Å². The van der Waals surface area contributed by atoms with Crippen molar-refractivity contribution in [1.82, 2.24) is 14.7 Å². The highest BCUT2D eigenvalue weighted by Crippen LogP contribution is 2.19. The summed E-state index contributed by atoms with van der Waals surface area (Å²) in [6.07, 6.45) is 12.6. The molecule has 0 aliphatic heterocycles. The van der Waals surface area contributed by atoms with Crippen molar-refractivity contribution in [2.24, 2.45) is 0 Å². The molecule has 116 valence electrons. The van der Waals surface area contributed by atoms with Crippen molar-refractivity contribution in [3.63, 3.8) is 0 Å². The molecule has 0 aromatic carbocycles. The van der Waals surface area contributed by atoms with Gasteiger partial charge in [0.05, 0.1) is 12.1 Å². The van der Waals surface area contributed by atoms with E-state index in [0.717, 1.165) is 24.3 Å². The molecule has 0 fully saturated rings. The Kier molecular flexibility index (Phi) is 4.56. The van der Waals surface area contributed by atoms with Crippen molar-refractivity contribution < 1.29 is 4.79 Å². The van der Waals surface area contributed by atoms with Crippen LogP contribution in [0, 0.1) is 6.92 Å². The van der Waals surface area contributed by atoms with Crippen molar-refractivity contribution in [3.05, 3.63) is 47.4 Å². The minimum absolute atomic E-state index is 0.0523. The quantitative estimate of drug-likeness (QED) is 0.862. The number of hydrogen-bond acceptors (Lipinski definition) is 2. The molecule has 4 nitrogen and oxygen atoms in total. The second kappa shape index (κ2) is 6.77. The fourth-order valence-corrected chi connectivity index (χ4v) is 2.94. The number of pyridine rings is 1. The van der Waals surface area contributed by atoms with Crippen LogP contribution in [0.1, 0.15) is 43.4 Å². The molecule has 2 heterocycles. The molecule has 0 saturated carbocycles. The average Bonchev–Trinajstić information content (AvgIpc) is 2.89. The van der Waals surface area contributed by atoms with E-state index in [1.54, 1.807) is 0 Å². The highest BCUT2D eigenvalue weighted by Gasteiger charge is 2.08. The van der Waals surface area contributed by atoms with Gasteiger partial charge in [0.25, 0.3) is 0 Å². The van der Waals surface area contributed by atoms with Crippen LogP contribution in [-0.2, 0) is 11.2 Å². The van der Waals surface area contributed by atoms with Crippen LogP contribution in [0.15, 0.2) is 36.2 Å². The lowest BCUT2D eigenvalue weighted by Crippen LogP contribution is -2.26. The molecule has 0 atom stereocenters. The Bertz CT molecular complexity index is 699. The SMILES string of the molecule is Cc1ccn2cc(CC(=O)NCCC3=CCCCC3)nc2c1. The standard InChI is InChI=1S/C18H23N3O/c1-14-8-10-21-13-16(20-17(21)11-14)12-18(22)19-9-7-15-5-3-2-4-6-15/h5,8,10-11,13H,2-4,6-7,9,12H2,1H3,(H,19,22). The lowest BCUT2D eigenvalue weighted by atomic mass is 9.97. The highest BCUT2D eigenvalue weighted by atomic mass is 16.1. The van der Waals surface area contributed by atoms with Crippen molar-refractivity contribution in [2.75, 3.05) is 6.54 Å². The number of imidazole rings is 1. The fraction of sp³-hybridized carbons (Fsp3) is 0.444. The number of aryl methyl sites for hydroxylation is 1. The van der Waals surface area contributed by atoms with Gasteiger partial charge in [-0.25, -0.2) is 4.98 Å². The molecular formula is C18H23N3O. The van der Waals surface area contributed by atoms with Crippen LogP contribution in [0.4, 0.5) is 0 Å². The number of nitrogens with one attached hydrogen (secondary N) is 1. The predicted octanol–water partition coefficient (Wildman–Crippen LogP) is 3.19. The van der Waals surface area contributed by atoms with Crippen LogP contribution in [0.2, 0.25) is 0 Å². The molecule has 4 heteroatoms. The highest BCUT2D eigenvalue weighted by molar-refractivity contribution is 5.78. The number of allylic oxidation sites excluding steroid dienone is 1. The maximum Gasteiger partial charge on any atom is 0.226 e. The summed E-state index contributed by atoms with van der Waals surface area (Å²) in [4.78, 5) is 16.5. The zero-order valence-electron chi connectivity index (χ0n) is 13.1. The number of fused-ring (bicyclic) bond motifs is 1. The molecule has 0 spiro atoms. The predicted molar refractivity (Wildman–Crippen MR) is 87.8 cm³/mol. The lowest BCUT2D eigenvalue weighted by Gasteiger charge is -2.12. The molecule has 2 aromatic heterocycles. The number of rotatable bonds is 5. The van der Waals surface area contributed by atoms with Gasteiger partial charge < -0.3 is 9.72 Å². The lowest BCUT2D eigenvalue weighted by molar-refractivity contribution is -0.120. The second-order valence-electron chi connectivity index (χ2n) is 6.09. The van der Waals surface area contributed by atoms with Crippen LogP contribution in [0.5, 0.6) is 0 Å². The van der Waals surface area contributed by atoms with E-state index in [4.69, 9.17) is 0 Å². The molecule has 2 aromatic rings. The molecule has 3 rings (SSSR count). The van der Waals surface area contributed by atoms with Crippen LogP contribution in [-0.4, -0.2) is 21.8 Å². The average molecular weight is 297 g/mol. The van der Waals surface area contributed by atoms with Gasteiger partial charge in [-0.2, -0.15) is 0 Å². The molecule has 1 amide bonds. The maximum absolute atomic E-state index is 12.0. The molecule has 1 aliphatic carbocycles. The van der Waals surface area contributed by atoms with E-state index >= 15 is 0 Å². The van der Waals surface area contributed by atoms with Crippen molar-refractivity contribution in [2.45, 2.75) is 45.4 Å². The summed E-state index contributed by atoms with van der Waals surface area (Å²) in [6, 6.07) is 4.06. The maximum atomic E-state index is 12.0. The smallest absolute Gasteiger partial charge is 0.226 e. The Labute approximate surface area is 131 Å². The van der Waals surface area contributed by atoms with E-state index < -0.39 is 0 Å². The van der Waals surface area contributed by atoms with Crippen molar-refractivity contribution >= 4 is 11.6 Å². The Balaban J connectivity index is 1.51. The minimum Gasteiger partial charge on any atom is -0.355 e. The van der Waals surface area contributed by atoms with E-state index in [-0.39, 0.29) is 5.91 Å². The first kappa shape index (κ1) is 14.8. The third-order valence-corrected chi connectivity index (χ3v) is 4.16. The van der Waals surface area contributed by atoms with E-state index in [0.29, 0.717) is 6.42 Å². The number of carbonyl (C=O) groups is 1. The molecule has 22 heavy (non-hydrogen) atoms. The summed E-state index contributed by atoms with van der Waals surface area (Å²) >= 11 is 0. The normalized spacial score (nSPS) is 14.9. The van der Waals surface area contributed by atoms with E-state index in [2.05, 4.69) is 16.4 Å². The van der Waals surface area contributed by atoms with Crippen LogP contribution < -0.4 is 5.32 Å². The number of aromatic nitrogens is 2. The second-order valence-corrected chi connectivity index (χ2v) is 6.09. The summed E-state index contributed by atoms with van der Waals surface area (Å²) < 4.78 is 1.96. The van der Waals surface area contributed by atoms with Gasteiger partial charge in [0.2, 0.25) is 5.91 Å². The Hall–Kier alpha value is -2.10. The molecule has 0 radical (unpaired) electrons. The van der Waals surface area contributed by atoms with Crippen LogP contribution >= 0.6 is 0 Å². The first-order valence-corrected chi connectivity index (χ1v) is 8.09. The van der Waals surface area contributed by atoms with Gasteiger partial charge in [-0.1, -0.05) is 11.6 Å². The van der Waals surface area contributed by atoms with Gasteiger partial charge in [0.1, 0.15) is 5.65 Å². The number of carbonyl (C=O) groups excluding carboxylic acids is 1. The molecule has 1 N–H and O–H groups in total. The monoisotopic (exact) mass is 297 g/mol. The van der Waals surface area contributed by atoms with Crippen LogP contribution in [0.3, 0.4) is 0 Å². The summed E-state index contributed by atoms with van der Waals surface area (Å²) in [6.45, 7) is 2.78. The van der Waals surface area contributed by atoms with Gasteiger partial charge in [-0.3, -0.25) is 4.79 Å². The fourth-order valence-electron chi connectivity index (χ4n) is 2.94. The molecule has 1 aliphatic rings. The molecule has 0 saturated heterocycles. The number of nitrogens with zero attached hydrogens (tertiary/aromatic N) is 2. The summed E-state index contributed by atoms with van der Waals surface area (Å²) in [5, 5.41) is 3.01. The van der Waals surface area contributed by atoms with Crippen molar-refractivity contribution in [3.8, 4) is 0 Å². The summed E-state index contributed by atoms with van der Waals surface area (Å²) in [7, 11) is 0. The zero-order chi connectivity index (χ0) is 15.4. The van der Waals surface area contributed by atoms with Gasteiger partial charge in [0.15, 0.2) is 0 Å². The zero-order valence-corrected chi connectivity index (χ0v) is 13.1. The van der Waals surface area contributed by atoms with E-state index in [9.17, 15) is 4.79 Å². The van der Waals surface area contributed by atoms with E-state index in [1.165, 1.54) is 36.8 Å². The third kappa shape index (κ3) is 3.75. The van der Waals surface area contributed by atoms with Gasteiger partial charge in [0, 0.05) is 18.9 Å². The van der Waals surface area contributed by atoms with E-state index in [1.807, 2.05) is 35.9 Å². The Morgan fingerprint density at radius 2 is 2.32 bits per heavy atom. The largest absolute Gasteiger partial charge is 0.355 e. The van der Waals surface area contributed by atoms with Crippen LogP contribution in [0.25, 0.3) is 5.65 Å². The number of hydrogen-bond donors (Lipinski definition) is 1. The minimum atomic E-state index is 0.0523. The summed E-state index contributed by atoms with van der Waals surface area (Å²) in [5.41, 5.74) is 4.39. The topological polar surface area (TPSA) is 46.4 Å². The third-order valence-electron chi connectivity index (χ3n) is 4.16. The first-order valence-electron chi connectivity index (χ1n) is 8.09. The first-order chi connectivity index (χ1) is 10.7. The van der Waals surface area contributed by atoms with Gasteiger partial charge in [-0.05, 0) is 56.7 Å². The van der Waals surface area contributed by atoms with Crippen molar-refractivity contribution in [1.29, 1.82) is 0 Å². The molecule has 0 bridgehead atoms. The van der Waals surface area contributed by atoms with Gasteiger partial charge in [-0.15, -0.1) is 0 Å². The summed E-state index contributed by atoms with van der Waals surface area (Å²) in [5.74, 6) is 0.0523. The number of amides is 1.